The maximum Gasteiger partial charge on any atom is 0.255 e. The van der Waals surface area contributed by atoms with Crippen LogP contribution in [0.3, 0.4) is 0 Å². The summed E-state index contributed by atoms with van der Waals surface area (Å²) in [7, 11) is 0. The van der Waals surface area contributed by atoms with Crippen LogP contribution in [-0.4, -0.2) is 5.91 Å². The van der Waals surface area contributed by atoms with Crippen LogP contribution in [0.15, 0.2) is 30.3 Å². The van der Waals surface area contributed by atoms with Crippen molar-refractivity contribution in [1.29, 1.82) is 0 Å². The number of carbonyl (C=O) groups is 1. The van der Waals surface area contributed by atoms with Crippen molar-refractivity contribution >= 4 is 40.5 Å². The molecule has 0 unspecified atom stereocenters. The molecule has 3 nitrogen and oxygen atoms in total. The smallest absolute Gasteiger partial charge is 0.255 e. The maximum absolute atomic E-state index is 13.5. The molecule has 0 bridgehead atoms. The molecule has 0 atom stereocenters. The molecule has 2 aromatic carbocycles. The van der Waals surface area contributed by atoms with Crippen molar-refractivity contribution in [3.8, 4) is 0 Å². The molecule has 0 radical (unpaired) electrons. The first-order valence-corrected chi connectivity index (χ1v) is 6.15. The first-order chi connectivity index (χ1) is 9.38. The number of halogens is 4. The normalized spacial score (nSPS) is 10.4. The third-order valence-corrected chi connectivity index (χ3v) is 3.24. The number of benzene rings is 2. The maximum atomic E-state index is 13.5. The van der Waals surface area contributed by atoms with Gasteiger partial charge in [-0.2, -0.15) is 0 Å². The molecular formula is C13H8Cl2F2N2O. The molecule has 3 N–H and O–H groups in total. The Balaban J connectivity index is 2.30. The summed E-state index contributed by atoms with van der Waals surface area (Å²) in [5, 5.41) is 2.74. The molecule has 0 aliphatic carbocycles. The summed E-state index contributed by atoms with van der Waals surface area (Å²) in [5.74, 6) is -2.43. The molecule has 0 saturated heterocycles. The highest BCUT2D eigenvalue weighted by molar-refractivity contribution is 6.42. The van der Waals surface area contributed by atoms with Gasteiger partial charge in [0.2, 0.25) is 0 Å². The van der Waals surface area contributed by atoms with E-state index in [-0.39, 0.29) is 27.0 Å². The summed E-state index contributed by atoms with van der Waals surface area (Å²) >= 11 is 11.5. The van der Waals surface area contributed by atoms with E-state index in [0.29, 0.717) is 6.07 Å². The zero-order valence-electron chi connectivity index (χ0n) is 9.88. The number of hydrogen-bond acceptors (Lipinski definition) is 2. The van der Waals surface area contributed by atoms with Crippen LogP contribution >= 0.6 is 23.2 Å². The third kappa shape index (κ3) is 3.00. The number of nitrogen functional groups attached to an aromatic ring is 1. The van der Waals surface area contributed by atoms with E-state index in [2.05, 4.69) is 5.32 Å². The van der Waals surface area contributed by atoms with E-state index < -0.39 is 17.5 Å². The lowest BCUT2D eigenvalue weighted by Crippen LogP contribution is -2.14. The summed E-state index contributed by atoms with van der Waals surface area (Å²) in [6, 6.07) is 5.72. The predicted octanol–water partition coefficient (Wildman–Crippen LogP) is 4.11. The monoisotopic (exact) mass is 316 g/mol. The summed E-state index contributed by atoms with van der Waals surface area (Å²) in [5.41, 5.74) is 5.13. The first-order valence-electron chi connectivity index (χ1n) is 5.39. The molecule has 20 heavy (non-hydrogen) atoms. The number of carbonyl (C=O) groups excluding carboxylic acids is 1. The predicted molar refractivity (Wildman–Crippen MR) is 75.2 cm³/mol. The van der Waals surface area contributed by atoms with Crippen molar-refractivity contribution in [1.82, 2.24) is 0 Å². The Morgan fingerprint density at radius 1 is 1.10 bits per heavy atom. The molecule has 0 heterocycles. The van der Waals surface area contributed by atoms with Gasteiger partial charge in [0.05, 0.1) is 15.7 Å². The quantitative estimate of drug-likeness (QED) is 0.819. The summed E-state index contributed by atoms with van der Waals surface area (Å²) in [6.45, 7) is 0. The standard InChI is InChI=1S/C13H8Cl2F2N2O/c14-8-2-1-6(3-9(8)15)13(20)19-12-10(17)4-7(16)5-11(12)18/h1-5H,18H2,(H,19,20). The SMILES string of the molecule is Nc1cc(F)cc(F)c1NC(=O)c1ccc(Cl)c(Cl)c1. The van der Waals surface area contributed by atoms with Gasteiger partial charge in [0.1, 0.15) is 11.5 Å². The molecule has 7 heteroatoms. The van der Waals surface area contributed by atoms with E-state index >= 15 is 0 Å². The van der Waals surface area contributed by atoms with Crippen molar-refractivity contribution in [3.05, 3.63) is 57.6 Å². The fraction of sp³-hybridized carbons (Fsp3) is 0. The lowest BCUT2D eigenvalue weighted by atomic mass is 10.2. The van der Waals surface area contributed by atoms with Gasteiger partial charge in [0.25, 0.3) is 5.91 Å². The van der Waals surface area contributed by atoms with Gasteiger partial charge in [-0.05, 0) is 24.3 Å². The van der Waals surface area contributed by atoms with Gasteiger partial charge < -0.3 is 11.1 Å². The Labute approximate surface area is 123 Å². The van der Waals surface area contributed by atoms with Gasteiger partial charge in [0, 0.05) is 11.6 Å². The third-order valence-electron chi connectivity index (χ3n) is 2.51. The Morgan fingerprint density at radius 3 is 2.40 bits per heavy atom. The highest BCUT2D eigenvalue weighted by Crippen LogP contribution is 2.26. The van der Waals surface area contributed by atoms with Crippen molar-refractivity contribution in [3.63, 3.8) is 0 Å². The molecule has 104 valence electrons. The second-order valence-corrected chi connectivity index (χ2v) is 4.75. The highest BCUT2D eigenvalue weighted by Gasteiger charge is 2.14. The molecule has 0 spiro atoms. The molecule has 0 aliphatic rings. The van der Waals surface area contributed by atoms with Gasteiger partial charge in [-0.25, -0.2) is 8.78 Å². The summed E-state index contributed by atoms with van der Waals surface area (Å²) in [4.78, 5) is 11.9. The van der Waals surface area contributed by atoms with Crippen LogP contribution in [0.25, 0.3) is 0 Å². The molecule has 1 amide bonds. The Bertz CT molecular complexity index is 669. The van der Waals surface area contributed by atoms with Gasteiger partial charge in [-0.15, -0.1) is 0 Å². The number of rotatable bonds is 2. The number of nitrogens with two attached hydrogens (primary N) is 1. The minimum atomic E-state index is -0.962. The zero-order valence-corrected chi connectivity index (χ0v) is 11.4. The minimum Gasteiger partial charge on any atom is -0.397 e. The van der Waals surface area contributed by atoms with E-state index in [1.165, 1.54) is 18.2 Å². The van der Waals surface area contributed by atoms with Crippen molar-refractivity contribution in [2.75, 3.05) is 11.1 Å². The highest BCUT2D eigenvalue weighted by atomic mass is 35.5. The average Bonchev–Trinajstić information content (AvgIpc) is 2.36. The zero-order chi connectivity index (χ0) is 14.9. The second kappa shape index (κ2) is 5.64. The Morgan fingerprint density at radius 2 is 1.80 bits per heavy atom. The van der Waals surface area contributed by atoms with Crippen LogP contribution in [0.4, 0.5) is 20.2 Å². The average molecular weight is 317 g/mol. The Kier molecular flexibility index (Phi) is 4.11. The largest absolute Gasteiger partial charge is 0.397 e. The number of hydrogen-bond donors (Lipinski definition) is 2. The van der Waals surface area contributed by atoms with E-state index in [0.717, 1.165) is 6.07 Å². The van der Waals surface area contributed by atoms with Gasteiger partial charge >= 0.3 is 0 Å². The van der Waals surface area contributed by atoms with Crippen molar-refractivity contribution < 1.29 is 13.6 Å². The van der Waals surface area contributed by atoms with Gasteiger partial charge in [-0.3, -0.25) is 4.79 Å². The number of nitrogens with one attached hydrogen (secondary N) is 1. The summed E-state index contributed by atoms with van der Waals surface area (Å²) < 4.78 is 26.5. The topological polar surface area (TPSA) is 55.1 Å². The minimum absolute atomic E-state index is 0.169. The fourth-order valence-corrected chi connectivity index (χ4v) is 1.85. The van der Waals surface area contributed by atoms with Crippen LogP contribution in [0.5, 0.6) is 0 Å². The lowest BCUT2D eigenvalue weighted by molar-refractivity contribution is 0.102. The van der Waals surface area contributed by atoms with Crippen molar-refractivity contribution in [2.24, 2.45) is 0 Å². The molecule has 0 saturated carbocycles. The van der Waals surface area contributed by atoms with Crippen LogP contribution in [-0.2, 0) is 0 Å². The van der Waals surface area contributed by atoms with Gasteiger partial charge in [0.15, 0.2) is 5.82 Å². The number of amides is 1. The molecule has 0 fully saturated rings. The van der Waals surface area contributed by atoms with E-state index in [4.69, 9.17) is 28.9 Å². The molecule has 0 aromatic heterocycles. The first kappa shape index (κ1) is 14.6. The van der Waals surface area contributed by atoms with Crippen LogP contribution in [0.1, 0.15) is 10.4 Å². The van der Waals surface area contributed by atoms with E-state index in [1.807, 2.05) is 0 Å². The molecule has 2 aromatic rings. The Hall–Kier alpha value is -1.85. The van der Waals surface area contributed by atoms with Crippen molar-refractivity contribution in [2.45, 2.75) is 0 Å². The molecular weight excluding hydrogens is 309 g/mol. The van der Waals surface area contributed by atoms with Crippen LogP contribution < -0.4 is 11.1 Å². The molecule has 0 aliphatic heterocycles. The van der Waals surface area contributed by atoms with Gasteiger partial charge in [-0.1, -0.05) is 23.2 Å². The second-order valence-electron chi connectivity index (χ2n) is 3.93. The lowest BCUT2D eigenvalue weighted by Gasteiger charge is -2.10. The van der Waals surface area contributed by atoms with E-state index in [9.17, 15) is 13.6 Å². The summed E-state index contributed by atoms with van der Waals surface area (Å²) in [6.07, 6.45) is 0. The van der Waals surface area contributed by atoms with Crippen LogP contribution in [0.2, 0.25) is 10.0 Å². The fourth-order valence-electron chi connectivity index (χ4n) is 1.55. The van der Waals surface area contributed by atoms with Crippen LogP contribution in [0, 0.1) is 11.6 Å². The van der Waals surface area contributed by atoms with E-state index in [1.54, 1.807) is 0 Å². The molecule has 2 rings (SSSR count). The number of anilines is 2.